The number of piperidine rings is 1. The summed E-state index contributed by atoms with van der Waals surface area (Å²) >= 11 is 0. The van der Waals surface area contributed by atoms with Crippen LogP contribution in [0.1, 0.15) is 18.5 Å². The second-order valence-corrected chi connectivity index (χ2v) is 5.38. The number of halogens is 4. The van der Waals surface area contributed by atoms with Crippen molar-refractivity contribution in [1.82, 2.24) is 20.2 Å². The van der Waals surface area contributed by atoms with Crippen LogP contribution in [0.2, 0.25) is 0 Å². The largest absolute Gasteiger partial charge is 0.433 e. The van der Waals surface area contributed by atoms with Crippen molar-refractivity contribution in [1.29, 1.82) is 0 Å². The summed E-state index contributed by atoms with van der Waals surface area (Å²) in [5.74, 6) is 0.636. The van der Waals surface area contributed by atoms with Crippen LogP contribution in [0.5, 0.6) is 0 Å². The minimum atomic E-state index is -4.49. The first-order valence-corrected chi connectivity index (χ1v) is 7.68. The molecule has 25 heavy (non-hydrogen) atoms. The molecule has 2 heterocycles. The van der Waals surface area contributed by atoms with E-state index in [1.807, 2.05) is 4.90 Å². The Balaban J connectivity index is 0.00000312. The monoisotopic (exact) mass is 474 g/mol. The zero-order chi connectivity index (χ0) is 17.6. The lowest BCUT2D eigenvalue weighted by molar-refractivity contribution is -0.141. The SMILES string of the molecule is CN=C(NCCNc1nccc(C(F)(F)F)n1)N1CCC(O)CC1.I. The molecule has 2 rings (SSSR count). The number of aliphatic hydroxyl groups is 1. The van der Waals surface area contributed by atoms with Crippen molar-refractivity contribution in [2.24, 2.45) is 4.99 Å². The van der Waals surface area contributed by atoms with Gasteiger partial charge >= 0.3 is 6.18 Å². The minimum Gasteiger partial charge on any atom is -0.393 e. The molecule has 0 aromatic carbocycles. The van der Waals surface area contributed by atoms with Crippen molar-refractivity contribution in [2.45, 2.75) is 25.1 Å². The van der Waals surface area contributed by atoms with Gasteiger partial charge in [0.25, 0.3) is 0 Å². The first-order chi connectivity index (χ1) is 11.4. The molecule has 3 N–H and O–H groups in total. The highest BCUT2D eigenvalue weighted by molar-refractivity contribution is 14.0. The number of aromatic nitrogens is 2. The number of hydrogen-bond donors (Lipinski definition) is 3. The van der Waals surface area contributed by atoms with Crippen molar-refractivity contribution in [2.75, 3.05) is 38.5 Å². The molecule has 1 aliphatic heterocycles. The van der Waals surface area contributed by atoms with Crippen molar-refractivity contribution < 1.29 is 18.3 Å². The zero-order valence-electron chi connectivity index (χ0n) is 13.8. The van der Waals surface area contributed by atoms with Gasteiger partial charge in [-0.05, 0) is 18.9 Å². The number of aliphatic imine (C=N–C) groups is 1. The number of hydrogen-bond acceptors (Lipinski definition) is 5. The molecule has 142 valence electrons. The molecule has 0 saturated carbocycles. The summed E-state index contributed by atoms with van der Waals surface area (Å²) in [6, 6.07) is 0.829. The normalized spacial score (nSPS) is 16.4. The zero-order valence-corrected chi connectivity index (χ0v) is 16.1. The summed E-state index contributed by atoms with van der Waals surface area (Å²) < 4.78 is 37.7. The summed E-state index contributed by atoms with van der Waals surface area (Å²) in [6.07, 6.45) is -2.30. The van der Waals surface area contributed by atoms with Crippen molar-refractivity contribution in [3.63, 3.8) is 0 Å². The van der Waals surface area contributed by atoms with Crippen LogP contribution in [0.15, 0.2) is 17.3 Å². The predicted molar refractivity (Wildman–Crippen MR) is 99.1 cm³/mol. The van der Waals surface area contributed by atoms with E-state index in [1.54, 1.807) is 7.05 Å². The Bertz CT molecular complexity index is 564. The van der Waals surface area contributed by atoms with Crippen LogP contribution in [0.25, 0.3) is 0 Å². The van der Waals surface area contributed by atoms with Gasteiger partial charge < -0.3 is 20.6 Å². The lowest BCUT2D eigenvalue weighted by atomic mass is 10.1. The number of likely N-dealkylation sites (tertiary alicyclic amines) is 1. The Morgan fingerprint density at radius 1 is 1.36 bits per heavy atom. The van der Waals surface area contributed by atoms with Crippen LogP contribution in [0.4, 0.5) is 19.1 Å². The quantitative estimate of drug-likeness (QED) is 0.266. The molecular weight excluding hydrogens is 452 g/mol. The van der Waals surface area contributed by atoms with Gasteiger partial charge in [0.1, 0.15) is 5.69 Å². The van der Waals surface area contributed by atoms with Crippen LogP contribution in [-0.2, 0) is 6.18 Å². The summed E-state index contributed by atoms with van der Waals surface area (Å²) in [4.78, 5) is 13.4. The number of nitrogens with zero attached hydrogens (tertiary/aromatic N) is 4. The van der Waals surface area contributed by atoms with Crippen LogP contribution in [0, 0.1) is 0 Å². The molecule has 0 aliphatic carbocycles. The fourth-order valence-electron chi connectivity index (χ4n) is 2.36. The average Bonchev–Trinajstić information content (AvgIpc) is 2.56. The van der Waals surface area contributed by atoms with Gasteiger partial charge in [-0.1, -0.05) is 0 Å². The van der Waals surface area contributed by atoms with E-state index in [1.165, 1.54) is 0 Å². The van der Waals surface area contributed by atoms with Crippen LogP contribution >= 0.6 is 24.0 Å². The van der Waals surface area contributed by atoms with E-state index in [0.29, 0.717) is 45.0 Å². The number of nitrogens with one attached hydrogen (secondary N) is 2. The van der Waals surface area contributed by atoms with E-state index in [0.717, 1.165) is 12.3 Å². The fraction of sp³-hybridized carbons (Fsp3) is 0.643. The highest BCUT2D eigenvalue weighted by Crippen LogP contribution is 2.27. The molecule has 1 saturated heterocycles. The molecule has 0 bridgehead atoms. The smallest absolute Gasteiger partial charge is 0.393 e. The molecule has 0 unspecified atom stereocenters. The van der Waals surface area contributed by atoms with E-state index < -0.39 is 11.9 Å². The molecule has 1 aromatic rings. The number of aliphatic hydroxyl groups excluding tert-OH is 1. The van der Waals surface area contributed by atoms with Gasteiger partial charge in [0.2, 0.25) is 5.95 Å². The maximum absolute atomic E-state index is 12.6. The second kappa shape index (κ2) is 9.94. The van der Waals surface area contributed by atoms with Gasteiger partial charge in [0.15, 0.2) is 5.96 Å². The van der Waals surface area contributed by atoms with E-state index in [-0.39, 0.29) is 36.0 Å². The van der Waals surface area contributed by atoms with Gasteiger partial charge in [-0.25, -0.2) is 9.97 Å². The Morgan fingerprint density at radius 3 is 2.64 bits per heavy atom. The molecule has 0 radical (unpaired) electrons. The van der Waals surface area contributed by atoms with Crippen molar-refractivity contribution >= 4 is 35.9 Å². The molecule has 1 aliphatic rings. The molecule has 1 aromatic heterocycles. The third-order valence-corrected chi connectivity index (χ3v) is 3.61. The fourth-order valence-corrected chi connectivity index (χ4v) is 2.36. The summed E-state index contributed by atoms with van der Waals surface area (Å²) in [5, 5.41) is 15.4. The molecule has 1 fully saturated rings. The highest BCUT2D eigenvalue weighted by atomic mass is 127. The summed E-state index contributed by atoms with van der Waals surface area (Å²) in [6.45, 7) is 2.22. The molecule has 11 heteroatoms. The van der Waals surface area contributed by atoms with E-state index in [4.69, 9.17) is 0 Å². The van der Waals surface area contributed by atoms with Gasteiger partial charge in [-0.15, -0.1) is 24.0 Å². The molecule has 0 atom stereocenters. The lowest BCUT2D eigenvalue weighted by Crippen LogP contribution is -2.47. The number of anilines is 1. The maximum atomic E-state index is 12.6. The van der Waals surface area contributed by atoms with Crippen LogP contribution in [0.3, 0.4) is 0 Å². The third kappa shape index (κ3) is 6.80. The Morgan fingerprint density at radius 2 is 2.04 bits per heavy atom. The second-order valence-electron chi connectivity index (χ2n) is 5.38. The van der Waals surface area contributed by atoms with Crippen molar-refractivity contribution in [3.05, 3.63) is 18.0 Å². The van der Waals surface area contributed by atoms with Gasteiger partial charge in [-0.3, -0.25) is 4.99 Å². The van der Waals surface area contributed by atoms with Gasteiger partial charge in [0, 0.05) is 39.4 Å². The van der Waals surface area contributed by atoms with Crippen molar-refractivity contribution in [3.8, 4) is 0 Å². The highest BCUT2D eigenvalue weighted by Gasteiger charge is 2.32. The van der Waals surface area contributed by atoms with Gasteiger partial charge in [0.05, 0.1) is 6.10 Å². The minimum absolute atomic E-state index is 0. The lowest BCUT2D eigenvalue weighted by Gasteiger charge is -2.32. The number of alkyl halides is 3. The van der Waals surface area contributed by atoms with Crippen LogP contribution < -0.4 is 10.6 Å². The standard InChI is InChI=1S/C14H21F3N6O.HI/c1-18-13(23-8-3-10(24)4-9-23)21-7-6-20-12-19-5-2-11(22-12)14(15,16)17;/h2,5,10,24H,3-4,6-9H2,1H3,(H,18,21)(H,19,20,22);1H. The molecular formula is C14H22F3IN6O. The Kier molecular flexibility index (Phi) is 8.62. The molecule has 7 nitrogen and oxygen atoms in total. The Hall–Kier alpha value is -1.37. The average molecular weight is 474 g/mol. The van der Waals surface area contributed by atoms with Gasteiger partial charge in [-0.2, -0.15) is 13.2 Å². The number of rotatable bonds is 4. The van der Waals surface area contributed by atoms with E-state index in [9.17, 15) is 18.3 Å². The topological polar surface area (TPSA) is 85.7 Å². The first-order valence-electron chi connectivity index (χ1n) is 7.68. The maximum Gasteiger partial charge on any atom is 0.433 e. The Labute approximate surface area is 161 Å². The first kappa shape index (κ1) is 21.7. The molecule has 0 spiro atoms. The summed E-state index contributed by atoms with van der Waals surface area (Å²) in [5.41, 5.74) is -0.976. The van der Waals surface area contributed by atoms with E-state index in [2.05, 4.69) is 25.6 Å². The number of guanidine groups is 1. The van der Waals surface area contributed by atoms with E-state index >= 15 is 0 Å². The predicted octanol–water partition coefficient (Wildman–Crippen LogP) is 1.56. The third-order valence-electron chi connectivity index (χ3n) is 3.61. The molecule has 0 amide bonds. The summed E-state index contributed by atoms with van der Waals surface area (Å²) in [7, 11) is 1.66. The van der Waals surface area contributed by atoms with Crippen LogP contribution in [-0.4, -0.2) is 65.3 Å².